The second-order valence-corrected chi connectivity index (χ2v) is 6.63. The second-order valence-electron chi connectivity index (χ2n) is 5.38. The Bertz CT molecular complexity index is 790. The number of amides is 2. The molecule has 0 heterocycles. The average molecular weight is 452 g/mol. The van der Waals surface area contributed by atoms with Gasteiger partial charge in [0.15, 0.2) is 0 Å². The summed E-state index contributed by atoms with van der Waals surface area (Å²) in [5, 5.41) is 2.64. The van der Waals surface area contributed by atoms with Gasteiger partial charge in [-0.2, -0.15) is 0 Å². The number of primary amides is 1. The van der Waals surface area contributed by atoms with Gasteiger partial charge in [-0.15, -0.1) is 0 Å². The van der Waals surface area contributed by atoms with Crippen molar-refractivity contribution < 1.29 is 19.1 Å². The van der Waals surface area contributed by atoms with Gasteiger partial charge in [-0.1, -0.05) is 12.1 Å². The van der Waals surface area contributed by atoms with Crippen LogP contribution >= 0.6 is 22.6 Å². The van der Waals surface area contributed by atoms with Gasteiger partial charge in [-0.25, -0.2) is 0 Å². The third kappa shape index (κ3) is 5.86. The highest BCUT2D eigenvalue weighted by atomic mass is 127. The van der Waals surface area contributed by atoms with Crippen LogP contribution in [0, 0.1) is 3.57 Å². The van der Waals surface area contributed by atoms with E-state index in [0.29, 0.717) is 17.7 Å². The number of nitrogens with one attached hydrogen (secondary N) is 1. The van der Waals surface area contributed by atoms with Crippen LogP contribution in [0.25, 0.3) is 0 Å². The van der Waals surface area contributed by atoms with Gasteiger partial charge in [0, 0.05) is 22.5 Å². The number of nitrogens with two attached hydrogens (primary N) is 1. The fourth-order valence-electron chi connectivity index (χ4n) is 2.20. The van der Waals surface area contributed by atoms with Crippen LogP contribution in [0.4, 0.5) is 0 Å². The summed E-state index contributed by atoms with van der Waals surface area (Å²) in [7, 11) is 0. The predicted octanol–water partition coefficient (Wildman–Crippen LogP) is 2.04. The lowest BCUT2D eigenvalue weighted by Gasteiger charge is -2.16. The summed E-state index contributed by atoms with van der Waals surface area (Å²) >= 11 is 2.18. The highest BCUT2D eigenvalue weighted by Gasteiger charge is 2.19. The summed E-state index contributed by atoms with van der Waals surface area (Å²) < 4.78 is 5.95. The largest absolute Gasteiger partial charge is 0.427 e. The molecule has 0 radical (unpaired) electrons. The average Bonchev–Trinajstić information content (AvgIpc) is 2.54. The minimum atomic E-state index is -0.821. The van der Waals surface area contributed by atoms with Gasteiger partial charge in [0.2, 0.25) is 5.91 Å². The number of esters is 1. The molecule has 2 aromatic carbocycles. The lowest BCUT2D eigenvalue weighted by Crippen LogP contribution is -2.45. The van der Waals surface area contributed by atoms with Crippen molar-refractivity contribution in [2.45, 2.75) is 19.4 Å². The van der Waals surface area contributed by atoms with Gasteiger partial charge >= 0.3 is 5.97 Å². The Kier molecular flexibility index (Phi) is 6.51. The summed E-state index contributed by atoms with van der Waals surface area (Å²) in [6.45, 7) is 1.29. The van der Waals surface area contributed by atoms with Crippen molar-refractivity contribution in [2.24, 2.45) is 5.73 Å². The van der Waals surface area contributed by atoms with E-state index in [-0.39, 0.29) is 0 Å². The Morgan fingerprint density at radius 3 is 2.40 bits per heavy atom. The van der Waals surface area contributed by atoms with Crippen LogP contribution in [0.1, 0.15) is 22.8 Å². The molecule has 130 valence electrons. The maximum absolute atomic E-state index is 12.3. The minimum absolute atomic E-state index is 0.309. The van der Waals surface area contributed by atoms with E-state index in [1.54, 1.807) is 0 Å². The summed E-state index contributed by atoms with van der Waals surface area (Å²) in [4.78, 5) is 34.9. The number of carbonyl (C=O) groups excluding carboxylic acids is 3. The molecule has 0 aliphatic rings. The van der Waals surface area contributed by atoms with Crippen LogP contribution in [0.5, 0.6) is 5.75 Å². The molecule has 0 aliphatic carbocycles. The van der Waals surface area contributed by atoms with Crippen LogP contribution < -0.4 is 15.8 Å². The standard InChI is InChI=1S/C18H17IN2O4/c1-11(22)25-15-7-5-13(6-8-15)18(24)21-16(17(20)23)10-12-3-2-4-14(19)9-12/h2-9,16H,10H2,1H3,(H2,20,23)(H,21,24)/t16-/m1/s1. The Balaban J connectivity index is 2.07. The normalized spacial score (nSPS) is 11.4. The molecule has 0 unspecified atom stereocenters. The SMILES string of the molecule is CC(=O)Oc1ccc(C(=O)N[C@H](Cc2cccc(I)c2)C(N)=O)cc1. The Morgan fingerprint density at radius 2 is 1.84 bits per heavy atom. The molecule has 6 nitrogen and oxygen atoms in total. The number of carbonyl (C=O) groups is 3. The number of rotatable bonds is 6. The van der Waals surface area contributed by atoms with Gasteiger partial charge in [-0.3, -0.25) is 14.4 Å². The third-order valence-electron chi connectivity index (χ3n) is 3.36. The molecule has 0 bridgehead atoms. The Morgan fingerprint density at radius 1 is 1.16 bits per heavy atom. The Hall–Kier alpha value is -2.42. The smallest absolute Gasteiger partial charge is 0.308 e. The zero-order valence-electron chi connectivity index (χ0n) is 13.5. The molecule has 0 spiro atoms. The third-order valence-corrected chi connectivity index (χ3v) is 4.03. The maximum Gasteiger partial charge on any atom is 0.308 e. The van der Waals surface area contributed by atoms with Gasteiger partial charge in [0.1, 0.15) is 11.8 Å². The molecule has 0 aliphatic heterocycles. The van der Waals surface area contributed by atoms with E-state index in [9.17, 15) is 14.4 Å². The van der Waals surface area contributed by atoms with E-state index in [1.165, 1.54) is 31.2 Å². The lowest BCUT2D eigenvalue weighted by molar-refractivity contribution is -0.131. The highest BCUT2D eigenvalue weighted by molar-refractivity contribution is 14.1. The molecule has 7 heteroatoms. The molecule has 1 atom stereocenters. The van der Waals surface area contributed by atoms with Crippen LogP contribution in [-0.4, -0.2) is 23.8 Å². The number of halogens is 1. The number of hydrogen-bond acceptors (Lipinski definition) is 4. The van der Waals surface area contributed by atoms with Crippen LogP contribution in [0.3, 0.4) is 0 Å². The molecule has 0 saturated heterocycles. The lowest BCUT2D eigenvalue weighted by atomic mass is 10.0. The van der Waals surface area contributed by atoms with Gasteiger partial charge < -0.3 is 15.8 Å². The van der Waals surface area contributed by atoms with Crippen molar-refractivity contribution in [3.05, 3.63) is 63.2 Å². The van der Waals surface area contributed by atoms with Crippen molar-refractivity contribution >= 4 is 40.4 Å². The first kappa shape index (κ1) is 18.9. The first-order valence-corrected chi connectivity index (χ1v) is 8.56. The van der Waals surface area contributed by atoms with E-state index in [1.807, 2.05) is 24.3 Å². The van der Waals surface area contributed by atoms with Crippen LogP contribution in [0.2, 0.25) is 0 Å². The fraction of sp³-hybridized carbons (Fsp3) is 0.167. The zero-order valence-corrected chi connectivity index (χ0v) is 15.6. The highest BCUT2D eigenvalue weighted by Crippen LogP contribution is 2.13. The molecule has 0 saturated carbocycles. The molecule has 2 amide bonds. The minimum Gasteiger partial charge on any atom is -0.427 e. The van der Waals surface area contributed by atoms with Crippen LogP contribution in [-0.2, 0) is 16.0 Å². The molecular formula is C18H17IN2O4. The number of ether oxygens (including phenoxy) is 1. The molecule has 3 N–H and O–H groups in total. The summed E-state index contributed by atoms with van der Waals surface area (Å²) in [5.41, 5.74) is 6.66. The van der Waals surface area contributed by atoms with Gasteiger partial charge in [0.05, 0.1) is 0 Å². The quantitative estimate of drug-likeness (QED) is 0.398. The summed E-state index contributed by atoms with van der Waals surface area (Å²) in [6.07, 6.45) is 0.309. The van der Waals surface area contributed by atoms with E-state index in [0.717, 1.165) is 9.13 Å². The van der Waals surface area contributed by atoms with Crippen LogP contribution in [0.15, 0.2) is 48.5 Å². The van der Waals surface area contributed by atoms with Crippen molar-refractivity contribution in [1.29, 1.82) is 0 Å². The molecule has 0 fully saturated rings. The molecule has 25 heavy (non-hydrogen) atoms. The topological polar surface area (TPSA) is 98.5 Å². The van der Waals surface area contributed by atoms with E-state index in [2.05, 4.69) is 27.9 Å². The monoisotopic (exact) mass is 452 g/mol. The fourth-order valence-corrected chi connectivity index (χ4v) is 2.81. The first-order valence-electron chi connectivity index (χ1n) is 7.48. The number of hydrogen-bond donors (Lipinski definition) is 2. The van der Waals surface area contributed by atoms with Crippen molar-refractivity contribution in [1.82, 2.24) is 5.32 Å². The molecule has 2 aromatic rings. The van der Waals surface area contributed by atoms with Crippen molar-refractivity contribution in [3.8, 4) is 5.75 Å². The maximum atomic E-state index is 12.3. The summed E-state index contributed by atoms with van der Waals surface area (Å²) in [6, 6.07) is 12.8. The van der Waals surface area contributed by atoms with Gasteiger partial charge in [0.25, 0.3) is 5.91 Å². The molecular weight excluding hydrogens is 435 g/mol. The van der Waals surface area contributed by atoms with E-state index in [4.69, 9.17) is 10.5 Å². The molecule has 0 aromatic heterocycles. The van der Waals surface area contributed by atoms with Crippen molar-refractivity contribution in [2.75, 3.05) is 0 Å². The predicted molar refractivity (Wildman–Crippen MR) is 101 cm³/mol. The summed E-state index contributed by atoms with van der Waals surface area (Å²) in [5.74, 6) is -1.13. The first-order chi connectivity index (χ1) is 11.8. The van der Waals surface area contributed by atoms with E-state index >= 15 is 0 Å². The molecule has 2 rings (SSSR count). The zero-order chi connectivity index (χ0) is 18.4. The van der Waals surface area contributed by atoms with E-state index < -0.39 is 23.8 Å². The van der Waals surface area contributed by atoms with Gasteiger partial charge in [-0.05, 0) is 64.6 Å². The number of benzene rings is 2. The second kappa shape index (κ2) is 8.61. The Labute approximate surface area is 158 Å². The van der Waals surface area contributed by atoms with Crippen molar-refractivity contribution in [3.63, 3.8) is 0 Å².